The van der Waals surface area contributed by atoms with E-state index in [-0.39, 0.29) is 12.0 Å². The summed E-state index contributed by atoms with van der Waals surface area (Å²) in [6, 6.07) is 7.39. The number of nitrogens with zero attached hydrogens (tertiary/aromatic N) is 1. The molecular formula is C17H26N2O3. The van der Waals surface area contributed by atoms with Crippen LogP contribution in [-0.4, -0.2) is 49.8 Å². The van der Waals surface area contributed by atoms with Crippen molar-refractivity contribution in [1.29, 1.82) is 0 Å². The van der Waals surface area contributed by atoms with Gasteiger partial charge in [0.25, 0.3) is 5.91 Å². The Kier molecular flexibility index (Phi) is 6.68. The summed E-state index contributed by atoms with van der Waals surface area (Å²) in [4.78, 5) is 14.4. The molecule has 1 aliphatic heterocycles. The van der Waals surface area contributed by atoms with Crippen LogP contribution in [-0.2, 0) is 4.74 Å². The Morgan fingerprint density at radius 2 is 2.14 bits per heavy atom. The fraction of sp³-hybridized carbons (Fsp3) is 0.588. The lowest BCUT2D eigenvalue weighted by Gasteiger charge is -2.32. The first-order valence-corrected chi connectivity index (χ1v) is 8.08. The van der Waals surface area contributed by atoms with Crippen molar-refractivity contribution in [2.24, 2.45) is 5.73 Å². The summed E-state index contributed by atoms with van der Waals surface area (Å²) < 4.78 is 11.2. The third-order valence-electron chi connectivity index (χ3n) is 3.82. The van der Waals surface area contributed by atoms with Gasteiger partial charge < -0.3 is 20.1 Å². The molecular weight excluding hydrogens is 280 g/mol. The van der Waals surface area contributed by atoms with Gasteiger partial charge in [-0.15, -0.1) is 0 Å². The molecule has 0 unspecified atom stereocenters. The Labute approximate surface area is 132 Å². The van der Waals surface area contributed by atoms with Crippen molar-refractivity contribution in [3.63, 3.8) is 0 Å². The summed E-state index contributed by atoms with van der Waals surface area (Å²) in [6.07, 6.45) is 2.93. The van der Waals surface area contributed by atoms with Crippen LogP contribution in [0.3, 0.4) is 0 Å². The van der Waals surface area contributed by atoms with Gasteiger partial charge in [0, 0.05) is 25.3 Å². The Hall–Kier alpha value is -1.59. The van der Waals surface area contributed by atoms with Gasteiger partial charge in [0.15, 0.2) is 0 Å². The van der Waals surface area contributed by atoms with Crippen LogP contribution in [0.15, 0.2) is 24.3 Å². The molecule has 0 radical (unpaired) electrons. The number of hydrogen-bond donors (Lipinski definition) is 1. The van der Waals surface area contributed by atoms with Gasteiger partial charge in [0.2, 0.25) is 0 Å². The molecule has 22 heavy (non-hydrogen) atoms. The van der Waals surface area contributed by atoms with Gasteiger partial charge in [0.05, 0.1) is 12.7 Å². The standard InChI is InChI=1S/C17H26N2O3/c1-2-21-16-6-3-5-14(13-16)17(20)19-10-7-15(8-11-19)22-12-4-9-18/h3,5-6,13,15H,2,4,7-12,18H2,1H3. The first-order valence-electron chi connectivity index (χ1n) is 8.08. The maximum absolute atomic E-state index is 12.5. The SMILES string of the molecule is CCOc1cccc(C(=O)N2CCC(OCCCN)CC2)c1. The largest absolute Gasteiger partial charge is 0.494 e. The Bertz CT molecular complexity index is 471. The summed E-state index contributed by atoms with van der Waals surface area (Å²) in [5, 5.41) is 0. The van der Waals surface area contributed by atoms with Crippen molar-refractivity contribution in [3.8, 4) is 5.75 Å². The Balaban J connectivity index is 1.85. The van der Waals surface area contributed by atoms with Gasteiger partial charge >= 0.3 is 0 Å². The van der Waals surface area contributed by atoms with E-state index in [1.807, 2.05) is 36.1 Å². The van der Waals surface area contributed by atoms with Crippen LogP contribution in [0.1, 0.15) is 36.5 Å². The van der Waals surface area contributed by atoms with E-state index in [2.05, 4.69) is 0 Å². The summed E-state index contributed by atoms with van der Waals surface area (Å²) in [5.41, 5.74) is 6.15. The molecule has 122 valence electrons. The van der Waals surface area contributed by atoms with Crippen molar-refractivity contribution in [3.05, 3.63) is 29.8 Å². The average molecular weight is 306 g/mol. The zero-order chi connectivity index (χ0) is 15.8. The molecule has 1 aliphatic rings. The molecule has 1 amide bonds. The number of carbonyl (C=O) groups excluding carboxylic acids is 1. The highest BCUT2D eigenvalue weighted by atomic mass is 16.5. The number of likely N-dealkylation sites (tertiary alicyclic amines) is 1. The molecule has 1 fully saturated rings. The lowest BCUT2D eigenvalue weighted by Crippen LogP contribution is -2.41. The predicted molar refractivity (Wildman–Crippen MR) is 86.2 cm³/mol. The molecule has 5 nitrogen and oxygen atoms in total. The zero-order valence-electron chi connectivity index (χ0n) is 13.3. The maximum Gasteiger partial charge on any atom is 0.253 e. The van der Waals surface area contributed by atoms with E-state index in [0.717, 1.165) is 38.1 Å². The van der Waals surface area contributed by atoms with Crippen molar-refractivity contribution in [2.45, 2.75) is 32.3 Å². The van der Waals surface area contributed by atoms with E-state index in [0.29, 0.717) is 25.3 Å². The molecule has 1 aromatic carbocycles. The van der Waals surface area contributed by atoms with Crippen LogP contribution in [0.4, 0.5) is 0 Å². The zero-order valence-corrected chi connectivity index (χ0v) is 13.3. The van der Waals surface area contributed by atoms with Gasteiger partial charge in [-0.3, -0.25) is 4.79 Å². The Morgan fingerprint density at radius 3 is 2.82 bits per heavy atom. The third-order valence-corrected chi connectivity index (χ3v) is 3.82. The average Bonchev–Trinajstić information content (AvgIpc) is 2.56. The predicted octanol–water partition coefficient (Wildman–Crippen LogP) is 2.06. The van der Waals surface area contributed by atoms with E-state index in [1.54, 1.807) is 0 Å². The highest BCUT2D eigenvalue weighted by molar-refractivity contribution is 5.94. The van der Waals surface area contributed by atoms with Crippen molar-refractivity contribution >= 4 is 5.91 Å². The molecule has 1 heterocycles. The maximum atomic E-state index is 12.5. The van der Waals surface area contributed by atoms with Gasteiger partial charge in [-0.25, -0.2) is 0 Å². The van der Waals surface area contributed by atoms with Crippen LogP contribution < -0.4 is 10.5 Å². The third kappa shape index (κ3) is 4.71. The fourth-order valence-electron chi connectivity index (χ4n) is 2.63. The van der Waals surface area contributed by atoms with Crippen LogP contribution in [0.25, 0.3) is 0 Å². The quantitative estimate of drug-likeness (QED) is 0.783. The molecule has 0 atom stereocenters. The highest BCUT2D eigenvalue weighted by Gasteiger charge is 2.24. The minimum Gasteiger partial charge on any atom is -0.494 e. The molecule has 1 saturated heterocycles. The number of carbonyl (C=O) groups is 1. The number of amides is 1. The number of piperidine rings is 1. The second-order valence-corrected chi connectivity index (χ2v) is 5.47. The number of benzene rings is 1. The minimum atomic E-state index is 0.0713. The van der Waals surface area contributed by atoms with E-state index in [9.17, 15) is 4.79 Å². The van der Waals surface area contributed by atoms with Gasteiger partial charge in [-0.1, -0.05) is 6.07 Å². The fourth-order valence-corrected chi connectivity index (χ4v) is 2.63. The Morgan fingerprint density at radius 1 is 1.36 bits per heavy atom. The molecule has 0 saturated carbocycles. The first-order chi connectivity index (χ1) is 10.7. The molecule has 0 aliphatic carbocycles. The molecule has 2 rings (SSSR count). The van der Waals surface area contributed by atoms with E-state index in [1.165, 1.54) is 0 Å². The number of ether oxygens (including phenoxy) is 2. The molecule has 0 bridgehead atoms. The summed E-state index contributed by atoms with van der Waals surface area (Å²) in [6.45, 7) is 5.39. The number of rotatable bonds is 7. The van der Waals surface area contributed by atoms with Gasteiger partial charge in [0.1, 0.15) is 5.75 Å². The minimum absolute atomic E-state index is 0.0713. The van der Waals surface area contributed by atoms with E-state index >= 15 is 0 Å². The second-order valence-electron chi connectivity index (χ2n) is 5.47. The van der Waals surface area contributed by atoms with E-state index in [4.69, 9.17) is 15.2 Å². The van der Waals surface area contributed by atoms with E-state index < -0.39 is 0 Å². The van der Waals surface area contributed by atoms with Gasteiger partial charge in [-0.05, 0) is 50.9 Å². The normalized spacial score (nSPS) is 15.8. The molecule has 0 aromatic heterocycles. The number of nitrogens with two attached hydrogens (primary N) is 1. The lowest BCUT2D eigenvalue weighted by atomic mass is 10.1. The monoisotopic (exact) mass is 306 g/mol. The number of hydrogen-bond acceptors (Lipinski definition) is 4. The molecule has 5 heteroatoms. The first kappa shape index (κ1) is 16.8. The lowest BCUT2D eigenvalue weighted by molar-refractivity contribution is 0.00843. The van der Waals surface area contributed by atoms with Crippen LogP contribution in [0.2, 0.25) is 0 Å². The van der Waals surface area contributed by atoms with Crippen molar-refractivity contribution < 1.29 is 14.3 Å². The molecule has 0 spiro atoms. The molecule has 2 N–H and O–H groups in total. The van der Waals surface area contributed by atoms with Crippen LogP contribution in [0, 0.1) is 0 Å². The van der Waals surface area contributed by atoms with Crippen molar-refractivity contribution in [1.82, 2.24) is 4.90 Å². The highest BCUT2D eigenvalue weighted by Crippen LogP contribution is 2.19. The molecule has 1 aromatic rings. The topological polar surface area (TPSA) is 64.8 Å². The summed E-state index contributed by atoms with van der Waals surface area (Å²) in [7, 11) is 0. The summed E-state index contributed by atoms with van der Waals surface area (Å²) >= 11 is 0. The second kappa shape index (κ2) is 8.76. The smallest absolute Gasteiger partial charge is 0.253 e. The summed E-state index contributed by atoms with van der Waals surface area (Å²) in [5.74, 6) is 0.815. The van der Waals surface area contributed by atoms with Crippen LogP contribution in [0.5, 0.6) is 5.75 Å². The van der Waals surface area contributed by atoms with Crippen molar-refractivity contribution in [2.75, 3.05) is 32.8 Å². The van der Waals surface area contributed by atoms with Crippen LogP contribution >= 0.6 is 0 Å². The van der Waals surface area contributed by atoms with Gasteiger partial charge in [-0.2, -0.15) is 0 Å².